The topological polar surface area (TPSA) is 45.9 Å². The Kier molecular flexibility index (Phi) is 4.86. The van der Waals surface area contributed by atoms with Crippen molar-refractivity contribution in [1.29, 1.82) is 5.26 Å². The summed E-state index contributed by atoms with van der Waals surface area (Å²) in [4.78, 5) is 3.20. The molecule has 0 radical (unpaired) electrons. The molecule has 0 atom stereocenters. The minimum atomic E-state index is -5.30. The van der Waals surface area contributed by atoms with E-state index in [1.807, 2.05) is 0 Å². The van der Waals surface area contributed by atoms with Crippen molar-refractivity contribution in [1.82, 2.24) is 4.98 Å². The maximum atomic E-state index is 12.7. The van der Waals surface area contributed by atoms with Crippen LogP contribution in [0.1, 0.15) is 16.8 Å². The second kappa shape index (κ2) is 5.87. The van der Waals surface area contributed by atoms with Gasteiger partial charge in [-0.15, -0.1) is 13.2 Å². The van der Waals surface area contributed by atoms with Crippen LogP contribution in [0, 0.1) is 11.3 Å². The maximum Gasteiger partial charge on any atom is 0.574 e. The Morgan fingerprint density at radius 1 is 1.25 bits per heavy atom. The second-order valence-corrected chi connectivity index (χ2v) is 4.02. The standard InChI is InChI=1S/C10H5BrF6N2O/c11-4-7-5(1-2-18)3-6(9(12,13)14)8(19-7)20-10(15,16)17/h3H,1,4H2. The van der Waals surface area contributed by atoms with Gasteiger partial charge in [-0.1, -0.05) is 15.9 Å². The average molecular weight is 363 g/mol. The van der Waals surface area contributed by atoms with Gasteiger partial charge >= 0.3 is 12.5 Å². The Balaban J connectivity index is 3.44. The van der Waals surface area contributed by atoms with E-state index in [-0.39, 0.29) is 16.6 Å². The first-order valence-corrected chi connectivity index (χ1v) is 5.99. The van der Waals surface area contributed by atoms with Gasteiger partial charge in [0.2, 0.25) is 5.88 Å². The molecule has 0 aliphatic rings. The Morgan fingerprint density at radius 2 is 1.85 bits per heavy atom. The summed E-state index contributed by atoms with van der Waals surface area (Å²) in [5, 5.41) is 8.39. The van der Waals surface area contributed by atoms with Gasteiger partial charge in [0.05, 0.1) is 18.2 Å². The summed E-state index contributed by atoms with van der Waals surface area (Å²) < 4.78 is 77.7. The largest absolute Gasteiger partial charge is 0.574 e. The van der Waals surface area contributed by atoms with Crippen LogP contribution in [0.15, 0.2) is 6.07 Å². The summed E-state index contributed by atoms with van der Waals surface area (Å²) in [6.07, 6.45) is -10.8. The van der Waals surface area contributed by atoms with E-state index in [0.29, 0.717) is 6.07 Å². The zero-order chi connectivity index (χ0) is 15.6. The van der Waals surface area contributed by atoms with Gasteiger partial charge in [0.15, 0.2) is 0 Å². The average Bonchev–Trinajstić information content (AvgIpc) is 2.27. The molecule has 0 aliphatic carbocycles. The molecule has 0 saturated carbocycles. The molecule has 0 aliphatic heterocycles. The van der Waals surface area contributed by atoms with Crippen LogP contribution in [0.3, 0.4) is 0 Å². The lowest BCUT2D eigenvalue weighted by Gasteiger charge is -2.16. The number of rotatable bonds is 3. The van der Waals surface area contributed by atoms with E-state index < -0.39 is 30.4 Å². The number of alkyl halides is 7. The number of hydrogen-bond donors (Lipinski definition) is 0. The number of halogens is 7. The summed E-state index contributed by atoms with van der Waals surface area (Å²) in [5.74, 6) is -1.58. The van der Waals surface area contributed by atoms with E-state index in [0.717, 1.165) is 0 Å². The van der Waals surface area contributed by atoms with Gasteiger partial charge < -0.3 is 4.74 Å². The van der Waals surface area contributed by atoms with Crippen LogP contribution in [0.5, 0.6) is 5.88 Å². The van der Waals surface area contributed by atoms with Crippen molar-refractivity contribution in [2.75, 3.05) is 0 Å². The fourth-order valence-corrected chi connectivity index (χ4v) is 1.80. The van der Waals surface area contributed by atoms with E-state index in [9.17, 15) is 26.3 Å². The molecule has 0 saturated heterocycles. The van der Waals surface area contributed by atoms with Crippen LogP contribution >= 0.6 is 15.9 Å². The summed E-state index contributed by atoms with van der Waals surface area (Å²) in [5.41, 5.74) is -1.92. The minimum absolute atomic E-state index is 0.115. The molecule has 10 heteroatoms. The molecule has 0 spiro atoms. The molecule has 0 fully saturated rings. The summed E-state index contributed by atoms with van der Waals surface area (Å²) in [6.45, 7) is 0. The molecule has 110 valence electrons. The van der Waals surface area contributed by atoms with E-state index in [2.05, 4.69) is 25.7 Å². The van der Waals surface area contributed by atoms with Crippen molar-refractivity contribution < 1.29 is 31.1 Å². The van der Waals surface area contributed by atoms with Gasteiger partial charge in [0.1, 0.15) is 5.56 Å². The van der Waals surface area contributed by atoms with E-state index >= 15 is 0 Å². The van der Waals surface area contributed by atoms with Crippen LogP contribution in [0.2, 0.25) is 0 Å². The van der Waals surface area contributed by atoms with Gasteiger partial charge in [0, 0.05) is 5.33 Å². The number of aromatic nitrogens is 1. The number of nitrogens with zero attached hydrogens (tertiary/aromatic N) is 2. The van der Waals surface area contributed by atoms with Gasteiger partial charge in [-0.05, 0) is 11.6 Å². The Morgan fingerprint density at radius 3 is 2.25 bits per heavy atom. The first-order chi connectivity index (χ1) is 9.08. The third kappa shape index (κ3) is 4.26. The van der Waals surface area contributed by atoms with Gasteiger partial charge in [-0.25, -0.2) is 4.98 Å². The highest BCUT2D eigenvalue weighted by Crippen LogP contribution is 2.38. The fraction of sp³-hybridized carbons (Fsp3) is 0.400. The van der Waals surface area contributed by atoms with E-state index in [4.69, 9.17) is 5.26 Å². The molecule has 0 bridgehead atoms. The van der Waals surface area contributed by atoms with E-state index in [1.165, 1.54) is 0 Å². The van der Waals surface area contributed by atoms with Crippen molar-refractivity contribution in [3.05, 3.63) is 22.9 Å². The Hall–Kier alpha value is -1.50. The zero-order valence-electron chi connectivity index (χ0n) is 9.44. The lowest BCUT2D eigenvalue weighted by Crippen LogP contribution is -2.22. The predicted octanol–water partition coefficient (Wildman–Crippen LogP) is 3.96. The Bertz CT molecular complexity index is 534. The first kappa shape index (κ1) is 16.6. The van der Waals surface area contributed by atoms with Gasteiger partial charge in [0.25, 0.3) is 0 Å². The molecular weight excluding hydrogens is 358 g/mol. The van der Waals surface area contributed by atoms with Crippen LogP contribution < -0.4 is 4.74 Å². The molecule has 0 unspecified atom stereocenters. The quantitative estimate of drug-likeness (QED) is 0.603. The molecule has 1 rings (SSSR count). The first-order valence-electron chi connectivity index (χ1n) is 4.87. The van der Waals surface area contributed by atoms with Crippen LogP contribution in [0.25, 0.3) is 0 Å². The van der Waals surface area contributed by atoms with Crippen molar-refractivity contribution in [2.24, 2.45) is 0 Å². The second-order valence-electron chi connectivity index (χ2n) is 3.46. The highest BCUT2D eigenvalue weighted by molar-refractivity contribution is 9.08. The number of ether oxygens (including phenoxy) is 1. The summed E-state index contributed by atoms with van der Waals surface area (Å²) in [7, 11) is 0. The highest BCUT2D eigenvalue weighted by Gasteiger charge is 2.41. The third-order valence-corrected chi connectivity index (χ3v) is 2.60. The zero-order valence-corrected chi connectivity index (χ0v) is 11.0. The molecule has 0 aromatic carbocycles. The van der Waals surface area contributed by atoms with Gasteiger partial charge in [-0.3, -0.25) is 0 Å². The maximum absolute atomic E-state index is 12.7. The molecule has 0 N–H and O–H groups in total. The van der Waals surface area contributed by atoms with Crippen molar-refractivity contribution in [3.63, 3.8) is 0 Å². The molecule has 0 amide bonds. The van der Waals surface area contributed by atoms with Crippen LogP contribution in [-0.2, 0) is 17.9 Å². The Labute approximate surface area is 117 Å². The third-order valence-electron chi connectivity index (χ3n) is 2.07. The normalized spacial score (nSPS) is 12.1. The van der Waals surface area contributed by atoms with Crippen LogP contribution in [-0.4, -0.2) is 11.3 Å². The lowest BCUT2D eigenvalue weighted by atomic mass is 10.1. The van der Waals surface area contributed by atoms with Gasteiger partial charge in [-0.2, -0.15) is 18.4 Å². The molecule has 1 aromatic heterocycles. The van der Waals surface area contributed by atoms with E-state index in [1.54, 1.807) is 6.07 Å². The highest BCUT2D eigenvalue weighted by atomic mass is 79.9. The summed E-state index contributed by atoms with van der Waals surface area (Å²) in [6, 6.07) is 2.05. The van der Waals surface area contributed by atoms with Crippen molar-refractivity contribution >= 4 is 15.9 Å². The van der Waals surface area contributed by atoms with Crippen molar-refractivity contribution in [2.45, 2.75) is 24.3 Å². The fourth-order valence-electron chi connectivity index (χ4n) is 1.32. The smallest absolute Gasteiger partial charge is 0.387 e. The predicted molar refractivity (Wildman–Crippen MR) is 57.9 cm³/mol. The molecular formula is C10H5BrF6N2O. The minimum Gasteiger partial charge on any atom is -0.387 e. The lowest BCUT2D eigenvalue weighted by molar-refractivity contribution is -0.277. The summed E-state index contributed by atoms with van der Waals surface area (Å²) >= 11 is 2.88. The molecule has 3 nitrogen and oxygen atoms in total. The van der Waals surface area contributed by atoms with Crippen molar-refractivity contribution in [3.8, 4) is 11.9 Å². The number of pyridine rings is 1. The SMILES string of the molecule is N#CCc1cc(C(F)(F)F)c(OC(F)(F)F)nc1CBr. The monoisotopic (exact) mass is 362 g/mol. The molecule has 20 heavy (non-hydrogen) atoms. The number of nitriles is 1. The molecule has 1 heterocycles. The number of hydrogen-bond acceptors (Lipinski definition) is 3. The van der Waals surface area contributed by atoms with Crippen LogP contribution in [0.4, 0.5) is 26.3 Å². The molecule has 1 aromatic rings.